The number of benzene rings is 1. The molecule has 0 unspecified atom stereocenters. The molecule has 1 rings (SSSR count). The summed E-state index contributed by atoms with van der Waals surface area (Å²) in [6.07, 6.45) is 1.00. The van der Waals surface area contributed by atoms with Gasteiger partial charge in [0.1, 0.15) is 11.4 Å². The first-order valence-corrected chi connectivity index (χ1v) is 5.49. The van der Waals surface area contributed by atoms with Gasteiger partial charge in [-0.3, -0.25) is 0 Å². The average molecular weight is 218 g/mol. The van der Waals surface area contributed by atoms with Gasteiger partial charge in [-0.2, -0.15) is 0 Å². The van der Waals surface area contributed by atoms with Crippen molar-refractivity contribution in [3.8, 4) is 17.6 Å². The van der Waals surface area contributed by atoms with Crippen molar-refractivity contribution in [1.29, 1.82) is 0 Å². The molecule has 0 heterocycles. The molecule has 0 radical (unpaired) electrons. The fraction of sp³-hybridized carbons (Fsp3) is 0.429. The zero-order valence-corrected chi connectivity index (χ0v) is 10.1. The fourth-order valence-electron chi connectivity index (χ4n) is 1.08. The summed E-state index contributed by atoms with van der Waals surface area (Å²) in [6, 6.07) is 7.57. The van der Waals surface area contributed by atoms with Crippen LogP contribution in [-0.4, -0.2) is 17.3 Å². The van der Waals surface area contributed by atoms with E-state index in [0.717, 1.165) is 24.3 Å². The molecule has 0 spiro atoms. The van der Waals surface area contributed by atoms with Crippen LogP contribution in [0.4, 0.5) is 0 Å². The molecule has 0 fully saturated rings. The summed E-state index contributed by atoms with van der Waals surface area (Å²) >= 11 is 0. The third-order valence-electron chi connectivity index (χ3n) is 1.84. The van der Waals surface area contributed by atoms with Crippen molar-refractivity contribution < 1.29 is 9.84 Å². The van der Waals surface area contributed by atoms with E-state index < -0.39 is 5.60 Å². The molecular weight excluding hydrogens is 200 g/mol. The number of rotatable bonds is 3. The first-order valence-electron chi connectivity index (χ1n) is 5.49. The molecule has 1 aromatic carbocycles. The highest BCUT2D eigenvalue weighted by molar-refractivity contribution is 5.39. The van der Waals surface area contributed by atoms with Gasteiger partial charge in [0.15, 0.2) is 0 Å². The minimum Gasteiger partial charge on any atom is -0.494 e. The highest BCUT2D eigenvalue weighted by atomic mass is 16.5. The van der Waals surface area contributed by atoms with E-state index in [1.54, 1.807) is 13.8 Å². The third-order valence-corrected chi connectivity index (χ3v) is 1.84. The quantitative estimate of drug-likeness (QED) is 0.790. The van der Waals surface area contributed by atoms with E-state index in [1.165, 1.54) is 0 Å². The van der Waals surface area contributed by atoms with Gasteiger partial charge < -0.3 is 9.84 Å². The molecule has 2 heteroatoms. The topological polar surface area (TPSA) is 29.5 Å². The van der Waals surface area contributed by atoms with E-state index in [2.05, 4.69) is 18.8 Å². The summed E-state index contributed by atoms with van der Waals surface area (Å²) in [5.41, 5.74) is -0.0665. The first kappa shape index (κ1) is 12.6. The van der Waals surface area contributed by atoms with Crippen LogP contribution in [-0.2, 0) is 0 Å². The van der Waals surface area contributed by atoms with Crippen molar-refractivity contribution in [3.63, 3.8) is 0 Å². The van der Waals surface area contributed by atoms with Crippen molar-refractivity contribution in [1.82, 2.24) is 0 Å². The molecule has 0 amide bonds. The van der Waals surface area contributed by atoms with Gasteiger partial charge in [-0.1, -0.05) is 18.8 Å². The summed E-state index contributed by atoms with van der Waals surface area (Å²) in [6.45, 7) is 6.13. The second kappa shape index (κ2) is 5.58. The maximum absolute atomic E-state index is 9.45. The van der Waals surface area contributed by atoms with Crippen LogP contribution in [0.3, 0.4) is 0 Å². The molecule has 0 atom stereocenters. The lowest BCUT2D eigenvalue weighted by Crippen LogP contribution is -2.14. The largest absolute Gasteiger partial charge is 0.494 e. The number of hydrogen-bond acceptors (Lipinski definition) is 2. The lowest BCUT2D eigenvalue weighted by atomic mass is 10.1. The van der Waals surface area contributed by atoms with Crippen LogP contribution in [0.2, 0.25) is 0 Å². The van der Waals surface area contributed by atoms with E-state index in [9.17, 15) is 5.11 Å². The summed E-state index contributed by atoms with van der Waals surface area (Å²) in [4.78, 5) is 0. The van der Waals surface area contributed by atoms with Crippen LogP contribution in [0.15, 0.2) is 24.3 Å². The van der Waals surface area contributed by atoms with E-state index in [-0.39, 0.29) is 0 Å². The van der Waals surface area contributed by atoms with Gasteiger partial charge in [0.25, 0.3) is 0 Å². The molecule has 1 N–H and O–H groups in total. The third kappa shape index (κ3) is 4.86. The molecule has 0 saturated carbocycles. The lowest BCUT2D eigenvalue weighted by Gasteiger charge is -2.06. The number of aliphatic hydroxyl groups is 1. The minimum absolute atomic E-state index is 0.731. The van der Waals surface area contributed by atoms with E-state index in [1.807, 2.05) is 24.3 Å². The SMILES string of the molecule is CCCOc1ccc(C#CC(C)(C)O)cc1. The normalized spacial score (nSPS) is 10.5. The Balaban J connectivity index is 2.67. The molecule has 0 aromatic heterocycles. The maximum atomic E-state index is 9.45. The second-order valence-electron chi connectivity index (χ2n) is 4.18. The lowest BCUT2D eigenvalue weighted by molar-refractivity contribution is 0.143. The van der Waals surface area contributed by atoms with E-state index >= 15 is 0 Å². The van der Waals surface area contributed by atoms with Gasteiger partial charge in [0.2, 0.25) is 0 Å². The number of ether oxygens (including phenoxy) is 1. The van der Waals surface area contributed by atoms with Crippen molar-refractivity contribution >= 4 is 0 Å². The fourth-order valence-corrected chi connectivity index (χ4v) is 1.08. The molecule has 0 aliphatic rings. The van der Waals surface area contributed by atoms with Gasteiger partial charge in [-0.25, -0.2) is 0 Å². The smallest absolute Gasteiger partial charge is 0.120 e. The summed E-state index contributed by atoms with van der Waals surface area (Å²) in [5.74, 6) is 6.53. The van der Waals surface area contributed by atoms with E-state index in [4.69, 9.17) is 4.74 Å². The van der Waals surface area contributed by atoms with Gasteiger partial charge in [-0.05, 0) is 44.5 Å². The van der Waals surface area contributed by atoms with Crippen LogP contribution in [0.1, 0.15) is 32.8 Å². The summed E-state index contributed by atoms with van der Waals surface area (Å²) in [5, 5.41) is 9.45. The molecule has 0 saturated heterocycles. The zero-order valence-electron chi connectivity index (χ0n) is 10.1. The van der Waals surface area contributed by atoms with Crippen LogP contribution in [0, 0.1) is 11.8 Å². The Kier molecular flexibility index (Phi) is 4.39. The van der Waals surface area contributed by atoms with Crippen LogP contribution in [0.25, 0.3) is 0 Å². The molecular formula is C14H18O2. The van der Waals surface area contributed by atoms with Crippen LogP contribution in [0.5, 0.6) is 5.75 Å². The molecule has 0 bridgehead atoms. The predicted molar refractivity (Wildman–Crippen MR) is 65.4 cm³/mol. The Labute approximate surface area is 97.3 Å². The monoisotopic (exact) mass is 218 g/mol. The molecule has 2 nitrogen and oxygen atoms in total. The summed E-state index contributed by atoms with van der Waals surface area (Å²) < 4.78 is 5.46. The van der Waals surface area contributed by atoms with Crippen molar-refractivity contribution in [3.05, 3.63) is 29.8 Å². The predicted octanol–water partition coefficient (Wildman–Crippen LogP) is 2.60. The Hall–Kier alpha value is -1.46. The highest BCUT2D eigenvalue weighted by Gasteiger charge is 2.05. The van der Waals surface area contributed by atoms with Crippen molar-refractivity contribution in [2.75, 3.05) is 6.61 Å². The maximum Gasteiger partial charge on any atom is 0.120 e. The van der Waals surface area contributed by atoms with Crippen LogP contribution < -0.4 is 4.74 Å². The van der Waals surface area contributed by atoms with Gasteiger partial charge in [0, 0.05) is 5.56 Å². The zero-order chi connectivity index (χ0) is 12.0. The van der Waals surface area contributed by atoms with Gasteiger partial charge >= 0.3 is 0 Å². The van der Waals surface area contributed by atoms with Crippen molar-refractivity contribution in [2.24, 2.45) is 0 Å². The van der Waals surface area contributed by atoms with Crippen LogP contribution >= 0.6 is 0 Å². The molecule has 86 valence electrons. The Morgan fingerprint density at radius 1 is 1.25 bits per heavy atom. The number of hydrogen-bond donors (Lipinski definition) is 1. The second-order valence-corrected chi connectivity index (χ2v) is 4.18. The Morgan fingerprint density at radius 3 is 2.38 bits per heavy atom. The highest BCUT2D eigenvalue weighted by Crippen LogP contribution is 2.12. The molecule has 0 aliphatic carbocycles. The minimum atomic E-state index is -0.947. The Bertz CT molecular complexity index is 374. The van der Waals surface area contributed by atoms with Gasteiger partial charge in [-0.15, -0.1) is 0 Å². The standard InChI is InChI=1S/C14H18O2/c1-4-11-16-13-7-5-12(6-8-13)9-10-14(2,3)15/h5-8,15H,4,11H2,1-3H3. The van der Waals surface area contributed by atoms with E-state index in [0.29, 0.717) is 0 Å². The average Bonchev–Trinajstić information content (AvgIpc) is 2.24. The molecule has 16 heavy (non-hydrogen) atoms. The summed E-state index contributed by atoms with van der Waals surface area (Å²) in [7, 11) is 0. The Morgan fingerprint density at radius 2 is 1.88 bits per heavy atom. The first-order chi connectivity index (χ1) is 7.51. The molecule has 0 aliphatic heterocycles. The van der Waals surface area contributed by atoms with Gasteiger partial charge in [0.05, 0.1) is 6.61 Å². The molecule has 1 aromatic rings. The van der Waals surface area contributed by atoms with Crippen molar-refractivity contribution in [2.45, 2.75) is 32.8 Å².